The van der Waals surface area contributed by atoms with E-state index in [9.17, 15) is 4.79 Å². The van der Waals surface area contributed by atoms with Crippen molar-refractivity contribution in [2.45, 2.75) is 13.0 Å². The van der Waals surface area contributed by atoms with Crippen LogP contribution in [0.4, 0.5) is 5.69 Å². The largest absolute Gasteiger partial charge is 0.399 e. The lowest BCUT2D eigenvalue weighted by Crippen LogP contribution is -2.17. The Morgan fingerprint density at radius 3 is 2.47 bits per heavy atom. The van der Waals surface area contributed by atoms with Gasteiger partial charge >= 0.3 is 0 Å². The van der Waals surface area contributed by atoms with Crippen LogP contribution in [0.1, 0.15) is 18.5 Å². The molecule has 0 spiro atoms. The van der Waals surface area contributed by atoms with Crippen LogP contribution in [0, 0.1) is 0 Å². The third kappa shape index (κ3) is 2.04. The molecule has 3 nitrogen and oxygen atoms in total. The number of rotatable bonds is 2. The van der Waals surface area contributed by atoms with Crippen LogP contribution in [0.3, 0.4) is 0 Å². The second-order valence-electron chi connectivity index (χ2n) is 4.56. The zero-order valence-corrected chi connectivity index (χ0v) is 11.4. The van der Waals surface area contributed by atoms with Gasteiger partial charge in [0, 0.05) is 5.69 Å². The average Bonchev–Trinajstić information content (AvgIpc) is 2.77. The molecule has 2 N–H and O–H groups in total. The average molecular weight is 270 g/mol. The first kappa shape index (κ1) is 12.0. The minimum absolute atomic E-state index is 0.0190. The number of aromatic nitrogens is 1. The van der Waals surface area contributed by atoms with E-state index in [2.05, 4.69) is 0 Å². The molecule has 96 valence electrons. The van der Waals surface area contributed by atoms with Gasteiger partial charge in [0.15, 0.2) is 0 Å². The highest BCUT2D eigenvalue weighted by molar-refractivity contribution is 7.13. The number of hydrogen-bond donors (Lipinski definition) is 1. The number of hydrogen-bond acceptors (Lipinski definition) is 3. The number of fused-ring (bicyclic) bond motifs is 1. The summed E-state index contributed by atoms with van der Waals surface area (Å²) in [6, 6.07) is 15.4. The second kappa shape index (κ2) is 4.55. The van der Waals surface area contributed by atoms with Crippen molar-refractivity contribution in [2.75, 3.05) is 5.73 Å². The molecule has 0 aliphatic carbocycles. The first-order valence-electron chi connectivity index (χ1n) is 6.13. The maximum Gasteiger partial charge on any atom is 0.269 e. The van der Waals surface area contributed by atoms with Gasteiger partial charge in [0.25, 0.3) is 5.56 Å². The highest BCUT2D eigenvalue weighted by Gasteiger charge is 2.14. The Balaban J connectivity index is 2.11. The van der Waals surface area contributed by atoms with E-state index >= 15 is 0 Å². The third-order valence-corrected chi connectivity index (χ3v) is 4.52. The van der Waals surface area contributed by atoms with E-state index in [1.165, 1.54) is 11.5 Å². The number of nitrogens with zero attached hydrogens (tertiary/aromatic N) is 1. The highest BCUT2D eigenvalue weighted by Crippen LogP contribution is 2.24. The van der Waals surface area contributed by atoms with Crippen molar-refractivity contribution in [1.29, 1.82) is 0 Å². The van der Waals surface area contributed by atoms with Gasteiger partial charge in [-0.15, -0.1) is 0 Å². The molecule has 3 aromatic rings. The fourth-order valence-corrected chi connectivity index (χ4v) is 3.22. The van der Waals surface area contributed by atoms with Gasteiger partial charge < -0.3 is 5.73 Å². The van der Waals surface area contributed by atoms with Gasteiger partial charge in [-0.25, -0.2) is 0 Å². The molecule has 0 aliphatic rings. The molecular weight excluding hydrogens is 256 g/mol. The Labute approximate surface area is 115 Å². The Hall–Kier alpha value is -2.07. The van der Waals surface area contributed by atoms with E-state index in [1.807, 2.05) is 59.4 Å². The summed E-state index contributed by atoms with van der Waals surface area (Å²) in [5.74, 6) is 0. The van der Waals surface area contributed by atoms with E-state index < -0.39 is 0 Å². The Kier molecular flexibility index (Phi) is 2.87. The summed E-state index contributed by atoms with van der Waals surface area (Å²) in [7, 11) is 0. The zero-order chi connectivity index (χ0) is 13.4. The summed E-state index contributed by atoms with van der Waals surface area (Å²) in [6.07, 6.45) is 0. The van der Waals surface area contributed by atoms with Gasteiger partial charge in [0.1, 0.15) is 0 Å². The molecule has 3 rings (SSSR count). The molecule has 19 heavy (non-hydrogen) atoms. The van der Waals surface area contributed by atoms with Crippen LogP contribution in [-0.2, 0) is 0 Å². The molecule has 0 saturated carbocycles. The van der Waals surface area contributed by atoms with E-state index in [0.717, 1.165) is 21.3 Å². The summed E-state index contributed by atoms with van der Waals surface area (Å²) >= 11 is 1.50. The van der Waals surface area contributed by atoms with Crippen molar-refractivity contribution < 1.29 is 0 Å². The first-order chi connectivity index (χ1) is 9.16. The van der Waals surface area contributed by atoms with Gasteiger partial charge in [0.2, 0.25) is 0 Å². The van der Waals surface area contributed by atoms with Gasteiger partial charge in [0.05, 0.1) is 16.1 Å². The second-order valence-corrected chi connectivity index (χ2v) is 5.58. The molecule has 0 amide bonds. The van der Waals surface area contributed by atoms with Crippen LogP contribution >= 0.6 is 11.5 Å². The predicted octanol–water partition coefficient (Wildman–Crippen LogP) is 3.25. The van der Waals surface area contributed by atoms with Gasteiger partial charge in [-0.1, -0.05) is 35.8 Å². The van der Waals surface area contributed by atoms with Gasteiger partial charge in [-0.05, 0) is 36.8 Å². The molecule has 0 radical (unpaired) electrons. The van der Waals surface area contributed by atoms with E-state index in [4.69, 9.17) is 5.73 Å². The molecular formula is C15H14N2OS. The van der Waals surface area contributed by atoms with Crippen molar-refractivity contribution in [2.24, 2.45) is 0 Å². The minimum Gasteiger partial charge on any atom is -0.399 e. The third-order valence-electron chi connectivity index (χ3n) is 3.28. The Morgan fingerprint density at radius 2 is 1.79 bits per heavy atom. The number of nitrogen functional groups attached to an aromatic ring is 1. The number of nitrogens with two attached hydrogens (primary N) is 1. The van der Waals surface area contributed by atoms with E-state index in [-0.39, 0.29) is 11.6 Å². The molecule has 2 aromatic carbocycles. The molecule has 0 aliphatic heterocycles. The van der Waals surface area contributed by atoms with Crippen molar-refractivity contribution in [1.82, 2.24) is 3.96 Å². The molecule has 0 bridgehead atoms. The quantitative estimate of drug-likeness (QED) is 0.727. The molecule has 1 atom stereocenters. The number of anilines is 1. The van der Waals surface area contributed by atoms with Crippen molar-refractivity contribution >= 4 is 27.3 Å². The standard InChI is InChI=1S/C15H14N2OS/c1-10(11-6-8-12(16)9-7-11)17-15(18)13-4-2-3-5-14(13)19-17/h2-10H,16H2,1H3. The van der Waals surface area contributed by atoms with Crippen molar-refractivity contribution in [3.05, 3.63) is 64.4 Å². The molecule has 4 heteroatoms. The van der Waals surface area contributed by atoms with Crippen LogP contribution in [0.2, 0.25) is 0 Å². The minimum atomic E-state index is 0.0190. The fourth-order valence-electron chi connectivity index (χ4n) is 2.15. The summed E-state index contributed by atoms with van der Waals surface area (Å²) in [6.45, 7) is 2.03. The fraction of sp³-hybridized carbons (Fsp3) is 0.133. The van der Waals surface area contributed by atoms with Crippen LogP contribution in [0.25, 0.3) is 10.1 Å². The van der Waals surface area contributed by atoms with E-state index in [0.29, 0.717) is 0 Å². The van der Waals surface area contributed by atoms with Crippen LogP contribution < -0.4 is 11.3 Å². The Bertz CT molecular complexity index is 771. The zero-order valence-electron chi connectivity index (χ0n) is 10.5. The van der Waals surface area contributed by atoms with Crippen LogP contribution in [0.5, 0.6) is 0 Å². The lowest BCUT2D eigenvalue weighted by molar-refractivity contribution is 0.678. The first-order valence-corrected chi connectivity index (χ1v) is 6.90. The molecule has 0 fully saturated rings. The Morgan fingerprint density at radius 1 is 1.11 bits per heavy atom. The lowest BCUT2D eigenvalue weighted by Gasteiger charge is -2.12. The SMILES string of the molecule is CC(c1ccc(N)cc1)n1sc2ccccc2c1=O. The number of benzene rings is 2. The summed E-state index contributed by atoms with van der Waals surface area (Å²) in [5.41, 5.74) is 7.59. The highest BCUT2D eigenvalue weighted by atomic mass is 32.1. The van der Waals surface area contributed by atoms with E-state index in [1.54, 1.807) is 0 Å². The maximum absolute atomic E-state index is 12.4. The maximum atomic E-state index is 12.4. The summed E-state index contributed by atoms with van der Waals surface area (Å²) in [5, 5.41) is 0.787. The van der Waals surface area contributed by atoms with Crippen LogP contribution in [0.15, 0.2) is 53.3 Å². The molecule has 1 unspecified atom stereocenters. The van der Waals surface area contributed by atoms with Crippen molar-refractivity contribution in [3.8, 4) is 0 Å². The summed E-state index contributed by atoms with van der Waals surface area (Å²) < 4.78 is 2.84. The summed E-state index contributed by atoms with van der Waals surface area (Å²) in [4.78, 5) is 12.4. The van der Waals surface area contributed by atoms with Crippen molar-refractivity contribution in [3.63, 3.8) is 0 Å². The normalized spacial score (nSPS) is 12.7. The molecule has 1 heterocycles. The lowest BCUT2D eigenvalue weighted by atomic mass is 10.1. The van der Waals surface area contributed by atoms with Crippen LogP contribution in [-0.4, -0.2) is 3.96 Å². The topological polar surface area (TPSA) is 48.0 Å². The van der Waals surface area contributed by atoms with Gasteiger partial charge in [-0.2, -0.15) is 0 Å². The van der Waals surface area contributed by atoms with Gasteiger partial charge in [-0.3, -0.25) is 8.75 Å². The predicted molar refractivity (Wildman–Crippen MR) is 80.8 cm³/mol. The molecule has 0 saturated heterocycles. The smallest absolute Gasteiger partial charge is 0.269 e. The monoisotopic (exact) mass is 270 g/mol. The molecule has 1 aromatic heterocycles.